The molecular formula is C42H52N6O4. The van der Waals surface area contributed by atoms with Crippen molar-refractivity contribution in [3.8, 4) is 0 Å². The van der Waals surface area contributed by atoms with Gasteiger partial charge in [-0.05, 0) is 99.9 Å². The average molecular weight is 705 g/mol. The zero-order valence-corrected chi connectivity index (χ0v) is 30.8. The van der Waals surface area contributed by atoms with Crippen LogP contribution in [0.25, 0.3) is 0 Å². The summed E-state index contributed by atoms with van der Waals surface area (Å²) in [5.41, 5.74) is 6.88. The van der Waals surface area contributed by atoms with Crippen molar-refractivity contribution in [2.45, 2.75) is 109 Å². The van der Waals surface area contributed by atoms with E-state index >= 15 is 0 Å². The highest BCUT2D eigenvalue weighted by Crippen LogP contribution is 2.40. The number of anilines is 4. The van der Waals surface area contributed by atoms with Gasteiger partial charge in [-0.25, -0.2) is 0 Å². The zero-order valence-electron chi connectivity index (χ0n) is 30.8. The Labute approximate surface area is 307 Å². The number of hydrogen-bond acceptors (Lipinski definition) is 6. The van der Waals surface area contributed by atoms with E-state index < -0.39 is 0 Å². The highest BCUT2D eigenvalue weighted by atomic mass is 16.2. The lowest BCUT2D eigenvalue weighted by Gasteiger charge is -2.41. The standard InChI is InChI=1S/C42H52N6O4/c1-5-41(51)47-27(3)23-35(33-11-7-9-13-37(33)47)44-30-17-15-29(16-18-30)25-39(49)43-26-40(50)46-32-21-19-31(20-22-32)45-36-24-28(4)48(42(52)6-2)38-14-10-8-12-34(36)38/h7-14,19-22,25,27-28,30,35-36,44-45H,5-6,15-18,23-24,26H2,1-4H3,(H,43,49)(H,46,50)/t27-,28-,30?,35+,36+/m0/s1. The smallest absolute Gasteiger partial charge is 0.244 e. The number of carbonyl (C=O) groups excluding carboxylic acids is 4. The minimum atomic E-state index is -0.294. The topological polar surface area (TPSA) is 123 Å². The first-order valence-electron chi connectivity index (χ1n) is 18.9. The van der Waals surface area contributed by atoms with Gasteiger partial charge in [-0.3, -0.25) is 19.2 Å². The number of para-hydroxylation sites is 2. The monoisotopic (exact) mass is 704 g/mol. The minimum absolute atomic E-state index is 0.0475. The number of fused-ring (bicyclic) bond motifs is 2. The third kappa shape index (κ3) is 8.39. The van der Waals surface area contributed by atoms with Crippen molar-refractivity contribution >= 4 is 46.4 Å². The van der Waals surface area contributed by atoms with Crippen molar-refractivity contribution in [3.05, 3.63) is 95.6 Å². The number of hydrogen-bond donors (Lipinski definition) is 4. The number of benzene rings is 3. The predicted molar refractivity (Wildman–Crippen MR) is 207 cm³/mol. The Morgan fingerprint density at radius 2 is 1.23 bits per heavy atom. The van der Waals surface area contributed by atoms with Crippen LogP contribution in [0.5, 0.6) is 0 Å². The average Bonchev–Trinajstić information content (AvgIpc) is 3.15. The van der Waals surface area contributed by atoms with Gasteiger partial charge in [-0.15, -0.1) is 0 Å². The molecule has 0 unspecified atom stereocenters. The molecule has 4 amide bonds. The van der Waals surface area contributed by atoms with Crippen LogP contribution in [0.15, 0.2) is 84.4 Å². The van der Waals surface area contributed by atoms with Crippen LogP contribution in [0.2, 0.25) is 0 Å². The lowest BCUT2D eigenvalue weighted by Crippen LogP contribution is -2.47. The summed E-state index contributed by atoms with van der Waals surface area (Å²) in [6, 6.07) is 24.5. The molecule has 2 aliphatic heterocycles. The molecule has 3 aliphatic rings. The molecule has 3 aromatic rings. The largest absolute Gasteiger partial charge is 0.378 e. The lowest BCUT2D eigenvalue weighted by atomic mass is 9.87. The first-order chi connectivity index (χ1) is 25.1. The van der Waals surface area contributed by atoms with Gasteiger partial charge in [-0.2, -0.15) is 0 Å². The number of allylic oxidation sites excluding steroid dienone is 1. The van der Waals surface area contributed by atoms with Gasteiger partial charge in [0.25, 0.3) is 0 Å². The van der Waals surface area contributed by atoms with Crippen molar-refractivity contribution in [2.24, 2.45) is 0 Å². The molecule has 10 heteroatoms. The molecule has 0 radical (unpaired) electrons. The second-order valence-electron chi connectivity index (χ2n) is 14.4. The molecule has 52 heavy (non-hydrogen) atoms. The summed E-state index contributed by atoms with van der Waals surface area (Å²) in [7, 11) is 0. The van der Waals surface area contributed by atoms with Crippen LogP contribution in [0.4, 0.5) is 22.7 Å². The van der Waals surface area contributed by atoms with Gasteiger partial charge in [0.2, 0.25) is 23.6 Å². The Morgan fingerprint density at radius 1 is 0.712 bits per heavy atom. The van der Waals surface area contributed by atoms with E-state index in [9.17, 15) is 19.2 Å². The fourth-order valence-corrected chi connectivity index (χ4v) is 8.06. The number of amides is 4. The molecule has 0 aromatic heterocycles. The first kappa shape index (κ1) is 36.8. The molecule has 1 aliphatic carbocycles. The number of rotatable bonds is 10. The lowest BCUT2D eigenvalue weighted by molar-refractivity contribution is -0.121. The highest BCUT2D eigenvalue weighted by molar-refractivity contribution is 5.97. The molecule has 4 atom stereocenters. The minimum Gasteiger partial charge on any atom is -0.378 e. The van der Waals surface area contributed by atoms with E-state index in [2.05, 4.69) is 47.2 Å². The summed E-state index contributed by atoms with van der Waals surface area (Å²) in [6.45, 7) is 7.89. The third-order valence-corrected chi connectivity index (χ3v) is 10.7. The van der Waals surface area contributed by atoms with Crippen LogP contribution in [0.3, 0.4) is 0 Å². The maximum absolute atomic E-state index is 12.7. The van der Waals surface area contributed by atoms with Crippen LogP contribution in [0, 0.1) is 0 Å². The number of nitrogens with zero attached hydrogens (tertiary/aromatic N) is 2. The van der Waals surface area contributed by atoms with Gasteiger partial charge in [0, 0.05) is 65.8 Å². The molecule has 274 valence electrons. The van der Waals surface area contributed by atoms with Crippen molar-refractivity contribution in [3.63, 3.8) is 0 Å². The molecule has 3 aromatic carbocycles. The van der Waals surface area contributed by atoms with Crippen LogP contribution in [-0.4, -0.2) is 48.3 Å². The van der Waals surface area contributed by atoms with Crippen molar-refractivity contribution in [1.82, 2.24) is 10.6 Å². The number of carbonyl (C=O) groups is 4. The van der Waals surface area contributed by atoms with Crippen molar-refractivity contribution in [1.29, 1.82) is 0 Å². The molecule has 0 spiro atoms. The molecule has 10 nitrogen and oxygen atoms in total. The Balaban J connectivity index is 0.950. The molecule has 0 saturated heterocycles. The molecule has 4 N–H and O–H groups in total. The van der Waals surface area contributed by atoms with E-state index in [1.807, 2.05) is 84.3 Å². The normalized spacial score (nSPS) is 22.5. The van der Waals surface area contributed by atoms with Gasteiger partial charge in [0.05, 0.1) is 12.6 Å². The van der Waals surface area contributed by atoms with E-state index in [4.69, 9.17) is 0 Å². The summed E-state index contributed by atoms with van der Waals surface area (Å²) >= 11 is 0. The molecule has 1 fully saturated rings. The van der Waals surface area contributed by atoms with Gasteiger partial charge in [0.1, 0.15) is 0 Å². The van der Waals surface area contributed by atoms with Gasteiger partial charge in [0.15, 0.2) is 0 Å². The Hall–Kier alpha value is -4.96. The van der Waals surface area contributed by atoms with Gasteiger partial charge >= 0.3 is 0 Å². The van der Waals surface area contributed by atoms with Gasteiger partial charge < -0.3 is 31.1 Å². The van der Waals surface area contributed by atoms with Crippen molar-refractivity contribution < 1.29 is 19.2 Å². The highest BCUT2D eigenvalue weighted by Gasteiger charge is 2.35. The summed E-state index contributed by atoms with van der Waals surface area (Å²) < 4.78 is 0. The van der Waals surface area contributed by atoms with Crippen LogP contribution in [-0.2, 0) is 19.2 Å². The number of nitrogens with one attached hydrogen (secondary N) is 4. The van der Waals surface area contributed by atoms with Crippen LogP contribution >= 0.6 is 0 Å². The van der Waals surface area contributed by atoms with E-state index in [1.54, 1.807) is 6.08 Å². The zero-order chi connectivity index (χ0) is 36.8. The van der Waals surface area contributed by atoms with Gasteiger partial charge in [-0.1, -0.05) is 55.8 Å². The fourth-order valence-electron chi connectivity index (χ4n) is 8.06. The Morgan fingerprint density at radius 3 is 1.81 bits per heavy atom. The van der Waals surface area contributed by atoms with Crippen LogP contribution in [0.1, 0.15) is 102 Å². The SMILES string of the molecule is CCC(=O)N1c2ccccc2[C@H](Nc2ccc(NC(=O)CNC(=O)C=C3CCC(N[C@@H]4C[C@H](C)N(C(=O)CC)c5ccccc54)CC3)cc2)C[C@@H]1C. The van der Waals surface area contributed by atoms with E-state index in [0.717, 1.165) is 66.7 Å². The quantitative estimate of drug-likeness (QED) is 0.166. The Kier molecular flexibility index (Phi) is 11.7. The second-order valence-corrected chi connectivity index (χ2v) is 14.4. The molecular weight excluding hydrogens is 652 g/mol. The van der Waals surface area contributed by atoms with E-state index in [1.165, 1.54) is 5.56 Å². The molecule has 1 saturated carbocycles. The first-order valence-corrected chi connectivity index (χ1v) is 18.9. The van der Waals surface area contributed by atoms with Crippen molar-refractivity contribution in [2.75, 3.05) is 27.0 Å². The maximum Gasteiger partial charge on any atom is 0.244 e. The second kappa shape index (κ2) is 16.6. The maximum atomic E-state index is 12.7. The Bertz CT molecular complexity index is 1800. The predicted octanol–water partition coefficient (Wildman–Crippen LogP) is 7.16. The summed E-state index contributed by atoms with van der Waals surface area (Å²) in [5.74, 6) is -0.273. The van der Waals surface area contributed by atoms with E-state index in [-0.39, 0.29) is 54.3 Å². The fraction of sp³-hybridized carbons (Fsp3) is 0.429. The third-order valence-electron chi connectivity index (χ3n) is 10.7. The molecule has 6 rings (SSSR count). The van der Waals surface area contributed by atoms with E-state index in [0.29, 0.717) is 24.6 Å². The van der Waals surface area contributed by atoms with Crippen LogP contribution < -0.4 is 31.1 Å². The summed E-state index contributed by atoms with van der Waals surface area (Å²) in [4.78, 5) is 54.6. The molecule has 0 bridgehead atoms. The molecule has 2 heterocycles. The summed E-state index contributed by atoms with van der Waals surface area (Å²) in [5, 5.41) is 13.1. The summed E-state index contributed by atoms with van der Waals surface area (Å²) in [6.07, 6.45) is 7.75.